The summed E-state index contributed by atoms with van der Waals surface area (Å²) in [6.07, 6.45) is 4.22. The fraction of sp³-hybridized carbons (Fsp3) is 0.294. The number of hydrogen-bond donors (Lipinski definition) is 1. The van der Waals surface area contributed by atoms with Crippen LogP contribution in [0.15, 0.2) is 24.3 Å². The van der Waals surface area contributed by atoms with Gasteiger partial charge < -0.3 is 5.32 Å². The van der Waals surface area contributed by atoms with Gasteiger partial charge in [-0.05, 0) is 60.5 Å². The van der Waals surface area contributed by atoms with Gasteiger partial charge in [-0.15, -0.1) is 11.3 Å². The topological polar surface area (TPSA) is 37.8 Å². The van der Waals surface area contributed by atoms with Crippen molar-refractivity contribution in [2.24, 2.45) is 0 Å². The number of thiophene rings is 1. The minimum atomic E-state index is -0.208. The van der Waals surface area contributed by atoms with Crippen LogP contribution in [0, 0.1) is 5.82 Å². The fourth-order valence-corrected chi connectivity index (χ4v) is 4.55. The third-order valence-corrected chi connectivity index (χ3v) is 5.51. The third-order valence-electron chi connectivity index (χ3n) is 4.16. The highest BCUT2D eigenvalue weighted by atomic mass is 35.5. The van der Waals surface area contributed by atoms with Gasteiger partial charge in [-0.2, -0.15) is 0 Å². The molecule has 0 amide bonds. The quantitative estimate of drug-likeness (QED) is 0.699. The molecule has 3 nitrogen and oxygen atoms in total. The summed E-state index contributed by atoms with van der Waals surface area (Å²) in [6, 6.07) is 6.59. The maximum Gasteiger partial charge on any atom is 0.225 e. The molecule has 1 aromatic carbocycles. The molecule has 0 atom stereocenters. The molecular formula is C17H15ClFN3S. The summed E-state index contributed by atoms with van der Waals surface area (Å²) in [4.78, 5) is 11.1. The van der Waals surface area contributed by atoms with E-state index in [4.69, 9.17) is 11.6 Å². The number of aromatic nitrogens is 2. The highest BCUT2D eigenvalue weighted by Gasteiger charge is 2.21. The predicted octanol–water partition coefficient (Wildman–Crippen LogP) is 4.63. The summed E-state index contributed by atoms with van der Waals surface area (Å²) in [6.45, 7) is 0.721. The number of hydrogen-bond acceptors (Lipinski definition) is 4. The lowest BCUT2D eigenvalue weighted by molar-refractivity contribution is 0.627. The Bertz CT molecular complexity index is 860. The van der Waals surface area contributed by atoms with Crippen molar-refractivity contribution in [1.82, 2.24) is 9.97 Å². The molecule has 1 aliphatic carbocycles. The van der Waals surface area contributed by atoms with Crippen molar-refractivity contribution in [1.29, 1.82) is 0 Å². The van der Waals surface area contributed by atoms with E-state index in [2.05, 4.69) is 15.3 Å². The molecule has 1 N–H and O–H groups in total. The Hall–Kier alpha value is -1.72. The van der Waals surface area contributed by atoms with Crippen molar-refractivity contribution in [3.63, 3.8) is 0 Å². The van der Waals surface area contributed by atoms with Gasteiger partial charge in [0.2, 0.25) is 5.28 Å². The first-order chi connectivity index (χ1) is 11.2. The molecule has 0 saturated carbocycles. The van der Waals surface area contributed by atoms with Crippen LogP contribution in [-0.2, 0) is 19.3 Å². The fourth-order valence-electron chi connectivity index (χ4n) is 3.07. The first-order valence-corrected chi connectivity index (χ1v) is 8.86. The number of fused-ring (bicyclic) bond motifs is 3. The van der Waals surface area contributed by atoms with Gasteiger partial charge in [0.15, 0.2) is 0 Å². The Morgan fingerprint density at radius 3 is 2.83 bits per heavy atom. The maximum absolute atomic E-state index is 12.9. The summed E-state index contributed by atoms with van der Waals surface area (Å²) in [7, 11) is 0. The van der Waals surface area contributed by atoms with Crippen molar-refractivity contribution < 1.29 is 4.39 Å². The van der Waals surface area contributed by atoms with Crippen molar-refractivity contribution in [2.75, 3.05) is 11.9 Å². The van der Waals surface area contributed by atoms with E-state index in [1.54, 1.807) is 11.3 Å². The summed E-state index contributed by atoms with van der Waals surface area (Å²) in [5.74, 6) is 0.612. The summed E-state index contributed by atoms with van der Waals surface area (Å²) in [5.41, 5.74) is 2.47. The maximum atomic E-state index is 12.9. The van der Waals surface area contributed by atoms with E-state index in [0.717, 1.165) is 47.4 Å². The SMILES string of the molecule is Fc1ccc(CCNc2nc(Cl)nc3sc4c(c23)CCC4)cc1. The van der Waals surface area contributed by atoms with Gasteiger partial charge >= 0.3 is 0 Å². The minimum Gasteiger partial charge on any atom is -0.369 e. The zero-order valence-corrected chi connectivity index (χ0v) is 14.0. The minimum absolute atomic E-state index is 0.208. The Labute approximate surface area is 142 Å². The van der Waals surface area contributed by atoms with Gasteiger partial charge in [-0.25, -0.2) is 14.4 Å². The van der Waals surface area contributed by atoms with Crippen LogP contribution in [-0.4, -0.2) is 16.5 Å². The average Bonchev–Trinajstić information content (AvgIpc) is 3.09. The zero-order chi connectivity index (χ0) is 15.8. The number of rotatable bonds is 4. The predicted molar refractivity (Wildman–Crippen MR) is 93.0 cm³/mol. The summed E-state index contributed by atoms with van der Waals surface area (Å²) < 4.78 is 12.9. The number of halogens is 2. The monoisotopic (exact) mass is 347 g/mol. The van der Waals surface area contributed by atoms with Crippen LogP contribution in [0.5, 0.6) is 0 Å². The molecule has 0 unspecified atom stereocenters. The van der Waals surface area contributed by atoms with E-state index >= 15 is 0 Å². The zero-order valence-electron chi connectivity index (χ0n) is 12.4. The van der Waals surface area contributed by atoms with Crippen molar-refractivity contribution in [2.45, 2.75) is 25.7 Å². The van der Waals surface area contributed by atoms with E-state index in [-0.39, 0.29) is 11.1 Å². The highest BCUT2D eigenvalue weighted by Crippen LogP contribution is 2.39. The average molecular weight is 348 g/mol. The number of benzene rings is 1. The molecular weight excluding hydrogens is 333 g/mol. The Kier molecular flexibility index (Phi) is 3.91. The number of nitrogens with zero attached hydrogens (tertiary/aromatic N) is 2. The van der Waals surface area contributed by atoms with E-state index < -0.39 is 0 Å². The molecule has 118 valence electrons. The highest BCUT2D eigenvalue weighted by molar-refractivity contribution is 7.19. The molecule has 3 aromatic rings. The van der Waals surface area contributed by atoms with Crippen LogP contribution in [0.4, 0.5) is 10.2 Å². The van der Waals surface area contributed by atoms with Gasteiger partial charge in [-0.1, -0.05) is 12.1 Å². The molecule has 0 spiro atoms. The first-order valence-electron chi connectivity index (χ1n) is 7.67. The molecule has 6 heteroatoms. The van der Waals surface area contributed by atoms with E-state index in [1.165, 1.54) is 29.0 Å². The molecule has 1 aliphatic rings. The Balaban J connectivity index is 1.57. The number of nitrogens with one attached hydrogen (secondary N) is 1. The lowest BCUT2D eigenvalue weighted by atomic mass is 10.1. The standard InChI is InChI=1S/C17H15ClFN3S/c18-17-21-15(20-9-8-10-4-6-11(19)7-5-10)14-12-2-1-3-13(12)23-16(14)22-17/h4-7H,1-3,8-9H2,(H,20,21,22). The lowest BCUT2D eigenvalue weighted by Gasteiger charge is -2.08. The van der Waals surface area contributed by atoms with Gasteiger partial charge in [0.25, 0.3) is 0 Å². The largest absolute Gasteiger partial charge is 0.369 e. The van der Waals surface area contributed by atoms with E-state index in [1.807, 2.05) is 12.1 Å². The Morgan fingerprint density at radius 1 is 1.17 bits per heavy atom. The second-order valence-corrected chi connectivity index (χ2v) is 7.10. The molecule has 0 fully saturated rings. The molecule has 0 aliphatic heterocycles. The van der Waals surface area contributed by atoms with Gasteiger partial charge in [0, 0.05) is 11.4 Å². The van der Waals surface area contributed by atoms with Gasteiger partial charge in [0.05, 0.1) is 5.39 Å². The van der Waals surface area contributed by atoms with Crippen LogP contribution >= 0.6 is 22.9 Å². The number of anilines is 1. The summed E-state index contributed by atoms with van der Waals surface area (Å²) >= 11 is 7.79. The molecule has 4 rings (SSSR count). The van der Waals surface area contributed by atoms with Gasteiger partial charge in [-0.3, -0.25) is 0 Å². The van der Waals surface area contributed by atoms with Crippen LogP contribution in [0.2, 0.25) is 5.28 Å². The molecule has 0 saturated heterocycles. The number of aryl methyl sites for hydroxylation is 2. The normalized spacial score (nSPS) is 13.5. The Morgan fingerprint density at radius 2 is 2.00 bits per heavy atom. The smallest absolute Gasteiger partial charge is 0.225 e. The molecule has 2 heterocycles. The molecule has 0 radical (unpaired) electrons. The third kappa shape index (κ3) is 2.91. The van der Waals surface area contributed by atoms with Gasteiger partial charge in [0.1, 0.15) is 16.5 Å². The molecule has 23 heavy (non-hydrogen) atoms. The van der Waals surface area contributed by atoms with Crippen molar-refractivity contribution >= 4 is 39.0 Å². The van der Waals surface area contributed by atoms with E-state index in [9.17, 15) is 4.39 Å². The van der Waals surface area contributed by atoms with Crippen LogP contribution < -0.4 is 5.32 Å². The summed E-state index contributed by atoms with van der Waals surface area (Å²) in [5, 5.41) is 4.79. The molecule has 2 aromatic heterocycles. The van der Waals surface area contributed by atoms with Crippen LogP contribution in [0.25, 0.3) is 10.2 Å². The second kappa shape index (κ2) is 6.06. The second-order valence-electron chi connectivity index (χ2n) is 5.68. The lowest BCUT2D eigenvalue weighted by Crippen LogP contribution is -2.07. The molecule has 0 bridgehead atoms. The van der Waals surface area contributed by atoms with E-state index in [0.29, 0.717) is 0 Å². The van der Waals surface area contributed by atoms with Crippen molar-refractivity contribution in [3.8, 4) is 0 Å². The van der Waals surface area contributed by atoms with Crippen LogP contribution in [0.3, 0.4) is 0 Å². The van der Waals surface area contributed by atoms with Crippen LogP contribution in [0.1, 0.15) is 22.4 Å². The van der Waals surface area contributed by atoms with Crippen molar-refractivity contribution in [3.05, 3.63) is 51.4 Å². The first kappa shape index (κ1) is 14.8.